The van der Waals surface area contributed by atoms with E-state index in [1.807, 2.05) is 27.9 Å². The van der Waals surface area contributed by atoms with E-state index in [9.17, 15) is 0 Å². The summed E-state index contributed by atoms with van der Waals surface area (Å²) >= 11 is 0. The maximum atomic E-state index is 4.35. The van der Waals surface area contributed by atoms with Crippen molar-refractivity contribution >= 4 is 0 Å². The Hall–Kier alpha value is -1.71. The molecular formula is C9H9N4+. The van der Waals surface area contributed by atoms with Crippen LogP contribution >= 0.6 is 0 Å². The molecule has 4 heteroatoms. The number of hydrogen-bond acceptors (Lipinski definition) is 2. The fourth-order valence-corrected chi connectivity index (χ4v) is 1.80. The second kappa shape index (κ2) is 2.16. The molecule has 0 saturated heterocycles. The molecule has 0 bridgehead atoms. The van der Waals surface area contributed by atoms with Crippen LogP contribution < -0.4 is 4.68 Å². The van der Waals surface area contributed by atoms with E-state index >= 15 is 0 Å². The SMILES string of the molecule is CC1c2ncccc2-[n+]2ccnn21. The molecule has 3 heterocycles. The zero-order valence-corrected chi connectivity index (χ0v) is 7.25. The van der Waals surface area contributed by atoms with Crippen molar-refractivity contribution in [3.05, 3.63) is 36.4 Å². The lowest BCUT2D eigenvalue weighted by Gasteiger charge is -1.95. The molecular weight excluding hydrogens is 164 g/mol. The van der Waals surface area contributed by atoms with Gasteiger partial charge in [0.25, 0.3) is 0 Å². The van der Waals surface area contributed by atoms with Gasteiger partial charge in [-0.25, -0.2) is 0 Å². The maximum absolute atomic E-state index is 4.35. The van der Waals surface area contributed by atoms with Gasteiger partial charge in [-0.1, -0.05) is 0 Å². The summed E-state index contributed by atoms with van der Waals surface area (Å²) in [5.74, 6) is 0. The first-order chi connectivity index (χ1) is 6.38. The normalized spacial score (nSPS) is 18.4. The predicted octanol–water partition coefficient (Wildman–Crippen LogP) is 0.477. The Balaban J connectivity index is 2.37. The Kier molecular flexibility index (Phi) is 1.12. The second-order valence-corrected chi connectivity index (χ2v) is 3.16. The van der Waals surface area contributed by atoms with Crippen LogP contribution in [-0.2, 0) is 0 Å². The summed E-state index contributed by atoms with van der Waals surface area (Å²) in [6, 6.07) is 4.25. The highest BCUT2D eigenvalue weighted by Crippen LogP contribution is 2.22. The third kappa shape index (κ3) is 0.722. The van der Waals surface area contributed by atoms with Crippen LogP contribution in [0.2, 0.25) is 0 Å². The van der Waals surface area contributed by atoms with Crippen LogP contribution in [0.1, 0.15) is 18.7 Å². The number of aromatic nitrogens is 4. The number of rotatable bonds is 0. The van der Waals surface area contributed by atoms with E-state index in [1.165, 1.54) is 0 Å². The smallest absolute Gasteiger partial charge is 0.206 e. The molecule has 0 spiro atoms. The molecule has 3 rings (SSSR count). The lowest BCUT2D eigenvalue weighted by molar-refractivity contribution is -0.682. The number of hydrogen-bond donors (Lipinski definition) is 0. The van der Waals surface area contributed by atoms with E-state index < -0.39 is 0 Å². The van der Waals surface area contributed by atoms with Crippen molar-refractivity contribution in [2.24, 2.45) is 0 Å². The van der Waals surface area contributed by atoms with Crippen molar-refractivity contribution in [1.82, 2.24) is 14.9 Å². The Morgan fingerprint density at radius 2 is 2.38 bits per heavy atom. The Morgan fingerprint density at radius 3 is 3.31 bits per heavy atom. The third-order valence-electron chi connectivity index (χ3n) is 2.42. The van der Waals surface area contributed by atoms with Gasteiger partial charge >= 0.3 is 0 Å². The van der Waals surface area contributed by atoms with E-state index in [4.69, 9.17) is 0 Å². The quantitative estimate of drug-likeness (QED) is 0.543. The fraction of sp³-hybridized carbons (Fsp3) is 0.222. The highest BCUT2D eigenvalue weighted by atomic mass is 15.6. The zero-order chi connectivity index (χ0) is 8.84. The summed E-state index contributed by atoms with van der Waals surface area (Å²) in [5.41, 5.74) is 2.23. The molecule has 2 aromatic heterocycles. The van der Waals surface area contributed by atoms with Gasteiger partial charge in [0.05, 0.1) is 0 Å². The van der Waals surface area contributed by atoms with Gasteiger partial charge in [0.15, 0.2) is 17.9 Å². The van der Waals surface area contributed by atoms with Gasteiger partial charge in [0.1, 0.15) is 5.69 Å². The highest BCUT2D eigenvalue weighted by Gasteiger charge is 2.32. The summed E-state index contributed by atoms with van der Waals surface area (Å²) in [6.45, 7) is 2.10. The van der Waals surface area contributed by atoms with Crippen LogP contribution in [0.4, 0.5) is 0 Å². The second-order valence-electron chi connectivity index (χ2n) is 3.16. The average Bonchev–Trinajstić information content (AvgIpc) is 2.72. The standard InChI is InChI=1S/C9H9N4/c1-7-9-8(3-2-4-10-9)12-6-5-11-13(7)12/h2-7H,1H3/q+1. The molecule has 0 aliphatic carbocycles. The predicted molar refractivity (Wildman–Crippen MR) is 45.4 cm³/mol. The van der Waals surface area contributed by atoms with Crippen molar-refractivity contribution in [3.8, 4) is 5.69 Å². The molecule has 64 valence electrons. The summed E-state index contributed by atoms with van der Waals surface area (Å²) in [6.07, 6.45) is 5.57. The molecule has 0 radical (unpaired) electrons. The number of nitrogens with zero attached hydrogens (tertiary/aromatic N) is 4. The van der Waals surface area contributed by atoms with Gasteiger partial charge in [0.2, 0.25) is 6.20 Å². The Labute approximate surface area is 75.4 Å². The van der Waals surface area contributed by atoms with Crippen LogP contribution in [0.15, 0.2) is 30.7 Å². The minimum absolute atomic E-state index is 0.242. The van der Waals surface area contributed by atoms with Gasteiger partial charge in [-0.3, -0.25) is 4.98 Å². The molecule has 0 fully saturated rings. The first-order valence-electron chi connectivity index (χ1n) is 4.28. The molecule has 4 nitrogen and oxygen atoms in total. The molecule has 13 heavy (non-hydrogen) atoms. The maximum Gasteiger partial charge on any atom is 0.206 e. The minimum atomic E-state index is 0.242. The topological polar surface area (TPSA) is 34.6 Å². The van der Waals surface area contributed by atoms with E-state index in [0.29, 0.717) is 0 Å². The molecule has 1 atom stereocenters. The number of pyridine rings is 1. The molecule has 1 aliphatic heterocycles. The first kappa shape index (κ1) is 6.77. The van der Waals surface area contributed by atoms with E-state index in [2.05, 4.69) is 23.1 Å². The average molecular weight is 173 g/mol. The Bertz CT molecular complexity index is 460. The van der Waals surface area contributed by atoms with Crippen molar-refractivity contribution < 1.29 is 4.68 Å². The van der Waals surface area contributed by atoms with Gasteiger partial charge in [0, 0.05) is 11.3 Å². The lowest BCUT2D eigenvalue weighted by atomic mass is 10.2. The highest BCUT2D eigenvalue weighted by molar-refractivity contribution is 5.31. The molecule has 1 aliphatic rings. The van der Waals surface area contributed by atoms with Crippen LogP contribution in [0, 0.1) is 0 Å². The van der Waals surface area contributed by atoms with Gasteiger partial charge < -0.3 is 0 Å². The van der Waals surface area contributed by atoms with Crippen molar-refractivity contribution in [1.29, 1.82) is 0 Å². The van der Waals surface area contributed by atoms with Crippen LogP contribution in [0.3, 0.4) is 0 Å². The van der Waals surface area contributed by atoms with Crippen LogP contribution in [-0.4, -0.2) is 14.9 Å². The number of fused-ring (bicyclic) bond motifs is 3. The summed E-state index contributed by atoms with van der Waals surface area (Å²) in [5, 5.41) is 4.23. The first-order valence-corrected chi connectivity index (χ1v) is 4.28. The minimum Gasteiger partial charge on any atom is -0.254 e. The van der Waals surface area contributed by atoms with Gasteiger partial charge in [-0.05, 0) is 23.9 Å². The van der Waals surface area contributed by atoms with Crippen LogP contribution in [0.5, 0.6) is 0 Å². The summed E-state index contributed by atoms with van der Waals surface area (Å²) < 4.78 is 2.02. The monoisotopic (exact) mass is 173 g/mol. The van der Waals surface area contributed by atoms with E-state index in [0.717, 1.165) is 11.4 Å². The Morgan fingerprint density at radius 1 is 1.46 bits per heavy atom. The largest absolute Gasteiger partial charge is 0.254 e. The molecule has 0 saturated carbocycles. The van der Waals surface area contributed by atoms with Crippen molar-refractivity contribution in [2.45, 2.75) is 13.0 Å². The third-order valence-corrected chi connectivity index (χ3v) is 2.42. The fourth-order valence-electron chi connectivity index (χ4n) is 1.80. The summed E-state index contributed by atoms with van der Waals surface area (Å²) in [4.78, 5) is 6.27. The molecule has 0 N–H and O–H groups in total. The zero-order valence-electron chi connectivity index (χ0n) is 7.25. The van der Waals surface area contributed by atoms with E-state index in [1.54, 1.807) is 6.20 Å². The van der Waals surface area contributed by atoms with E-state index in [-0.39, 0.29) is 6.04 Å². The molecule has 2 aromatic rings. The molecule has 1 unspecified atom stereocenters. The van der Waals surface area contributed by atoms with Crippen molar-refractivity contribution in [2.75, 3.05) is 0 Å². The van der Waals surface area contributed by atoms with Gasteiger partial charge in [-0.15, -0.1) is 4.68 Å². The molecule has 0 amide bonds. The van der Waals surface area contributed by atoms with Crippen LogP contribution in [0.25, 0.3) is 5.69 Å². The van der Waals surface area contributed by atoms with Gasteiger partial charge in [-0.2, -0.15) is 0 Å². The van der Waals surface area contributed by atoms with Crippen molar-refractivity contribution in [3.63, 3.8) is 0 Å². The molecule has 0 aromatic carbocycles. The lowest BCUT2D eigenvalue weighted by Crippen LogP contribution is -2.36. The summed E-state index contributed by atoms with van der Waals surface area (Å²) in [7, 11) is 0.